The molecule has 31 heavy (non-hydrogen) atoms. The van der Waals surface area contributed by atoms with Crippen molar-refractivity contribution in [2.75, 3.05) is 25.2 Å². The van der Waals surface area contributed by atoms with Gasteiger partial charge in [-0.15, -0.1) is 11.3 Å². The lowest BCUT2D eigenvalue weighted by atomic mass is 10.2. The van der Waals surface area contributed by atoms with Crippen molar-refractivity contribution in [2.24, 2.45) is 0 Å². The van der Waals surface area contributed by atoms with Crippen LogP contribution in [-0.4, -0.2) is 40.2 Å². The van der Waals surface area contributed by atoms with Crippen LogP contribution in [-0.2, 0) is 17.9 Å². The maximum absolute atomic E-state index is 13.4. The van der Waals surface area contributed by atoms with Gasteiger partial charge in [-0.25, -0.2) is 4.98 Å². The SMILES string of the molecule is Cc1sc2nc(CN3CCCC3)n(CC(=O)Nc3ccc4c(c3)OCO4)c(=O)c2c1C. The predicted octanol–water partition coefficient (Wildman–Crippen LogP) is 3.04. The third-order valence-corrected chi connectivity index (χ3v) is 6.99. The molecule has 0 radical (unpaired) electrons. The van der Waals surface area contributed by atoms with E-state index < -0.39 is 0 Å². The number of ether oxygens (including phenoxy) is 2. The van der Waals surface area contributed by atoms with Crippen molar-refractivity contribution in [1.82, 2.24) is 14.5 Å². The molecule has 0 unspecified atom stereocenters. The van der Waals surface area contributed by atoms with Gasteiger partial charge >= 0.3 is 0 Å². The Labute approximate surface area is 183 Å². The minimum absolute atomic E-state index is 0.0896. The van der Waals surface area contributed by atoms with Gasteiger partial charge in [-0.1, -0.05) is 0 Å². The van der Waals surface area contributed by atoms with E-state index in [0.717, 1.165) is 41.2 Å². The molecule has 4 heterocycles. The Hall–Kier alpha value is -2.91. The van der Waals surface area contributed by atoms with E-state index in [0.29, 0.717) is 34.9 Å². The number of likely N-dealkylation sites (tertiary alicyclic amines) is 1. The van der Waals surface area contributed by atoms with E-state index in [4.69, 9.17) is 14.5 Å². The standard InChI is InChI=1S/C22H24N4O4S/c1-13-14(2)31-21-20(13)22(28)26(18(24-21)10-25-7-3-4-8-25)11-19(27)23-15-5-6-16-17(9-15)30-12-29-16/h5-6,9H,3-4,7-8,10-12H2,1-2H3,(H,23,27). The molecule has 5 rings (SSSR count). The summed E-state index contributed by atoms with van der Waals surface area (Å²) in [5.74, 6) is 1.60. The largest absolute Gasteiger partial charge is 0.454 e. The molecule has 2 aromatic heterocycles. The fraction of sp³-hybridized carbons (Fsp3) is 0.409. The van der Waals surface area contributed by atoms with Crippen LogP contribution in [0.4, 0.5) is 5.69 Å². The average molecular weight is 441 g/mol. The van der Waals surface area contributed by atoms with Crippen molar-refractivity contribution < 1.29 is 14.3 Å². The number of amides is 1. The van der Waals surface area contributed by atoms with E-state index in [1.165, 1.54) is 15.9 Å². The molecule has 0 atom stereocenters. The molecule has 1 saturated heterocycles. The molecule has 1 aromatic carbocycles. The molecule has 0 spiro atoms. The lowest BCUT2D eigenvalue weighted by molar-refractivity contribution is -0.116. The van der Waals surface area contributed by atoms with Crippen LogP contribution in [0.2, 0.25) is 0 Å². The fourth-order valence-corrected chi connectivity index (χ4v) is 5.15. The van der Waals surface area contributed by atoms with Crippen molar-refractivity contribution in [3.05, 3.63) is 44.8 Å². The number of benzene rings is 1. The second-order valence-electron chi connectivity index (χ2n) is 7.98. The van der Waals surface area contributed by atoms with E-state index >= 15 is 0 Å². The summed E-state index contributed by atoms with van der Waals surface area (Å²) in [5, 5.41) is 3.48. The fourth-order valence-electron chi connectivity index (χ4n) is 4.11. The van der Waals surface area contributed by atoms with Gasteiger partial charge in [-0.05, 0) is 57.5 Å². The molecule has 3 aromatic rings. The van der Waals surface area contributed by atoms with Gasteiger partial charge in [0.25, 0.3) is 5.56 Å². The first-order valence-electron chi connectivity index (χ1n) is 10.4. The van der Waals surface area contributed by atoms with Crippen LogP contribution in [0.15, 0.2) is 23.0 Å². The second-order valence-corrected chi connectivity index (χ2v) is 9.19. The Bertz CT molecular complexity index is 1230. The van der Waals surface area contributed by atoms with Crippen molar-refractivity contribution in [3.63, 3.8) is 0 Å². The molecular weight excluding hydrogens is 416 g/mol. The Kier molecular flexibility index (Phi) is 5.15. The average Bonchev–Trinajstić information content (AvgIpc) is 3.46. The molecule has 9 heteroatoms. The van der Waals surface area contributed by atoms with E-state index in [-0.39, 0.29) is 24.8 Å². The highest BCUT2D eigenvalue weighted by Crippen LogP contribution is 2.34. The number of hydrogen-bond donors (Lipinski definition) is 1. The summed E-state index contributed by atoms with van der Waals surface area (Å²) in [6.45, 7) is 6.56. The molecule has 2 aliphatic rings. The first-order valence-corrected chi connectivity index (χ1v) is 11.2. The zero-order valence-corrected chi connectivity index (χ0v) is 18.4. The van der Waals surface area contributed by atoms with Crippen LogP contribution in [0.3, 0.4) is 0 Å². The summed E-state index contributed by atoms with van der Waals surface area (Å²) < 4.78 is 12.2. The third kappa shape index (κ3) is 3.79. The van der Waals surface area contributed by atoms with Gasteiger partial charge in [0.15, 0.2) is 11.5 Å². The molecule has 8 nitrogen and oxygen atoms in total. The minimum atomic E-state index is -0.283. The monoisotopic (exact) mass is 440 g/mol. The van der Waals surface area contributed by atoms with Crippen LogP contribution >= 0.6 is 11.3 Å². The highest BCUT2D eigenvalue weighted by molar-refractivity contribution is 7.18. The highest BCUT2D eigenvalue weighted by Gasteiger charge is 2.22. The molecule has 1 N–H and O–H groups in total. The van der Waals surface area contributed by atoms with Crippen LogP contribution in [0.1, 0.15) is 29.1 Å². The molecule has 1 amide bonds. The number of aryl methyl sites for hydroxylation is 2. The maximum atomic E-state index is 13.4. The Morgan fingerprint density at radius 2 is 1.97 bits per heavy atom. The molecule has 162 valence electrons. The molecule has 0 saturated carbocycles. The van der Waals surface area contributed by atoms with Crippen molar-refractivity contribution in [2.45, 2.75) is 39.8 Å². The number of rotatable bonds is 5. The van der Waals surface area contributed by atoms with Crippen LogP contribution in [0, 0.1) is 13.8 Å². The smallest absolute Gasteiger partial charge is 0.263 e. The molecule has 1 fully saturated rings. The predicted molar refractivity (Wildman–Crippen MR) is 119 cm³/mol. The Morgan fingerprint density at radius 3 is 2.77 bits per heavy atom. The number of fused-ring (bicyclic) bond motifs is 2. The normalized spacial score (nSPS) is 15.7. The van der Waals surface area contributed by atoms with E-state index in [2.05, 4.69) is 10.2 Å². The summed E-state index contributed by atoms with van der Waals surface area (Å²) in [6, 6.07) is 5.24. The quantitative estimate of drug-likeness (QED) is 0.656. The van der Waals surface area contributed by atoms with Crippen molar-refractivity contribution >= 4 is 33.1 Å². The van der Waals surface area contributed by atoms with Gasteiger partial charge in [-0.2, -0.15) is 0 Å². The van der Waals surface area contributed by atoms with Crippen LogP contribution < -0.4 is 20.3 Å². The van der Waals surface area contributed by atoms with Crippen LogP contribution in [0.5, 0.6) is 11.5 Å². The Balaban J connectivity index is 1.46. The van der Waals surface area contributed by atoms with Gasteiger partial charge in [0.1, 0.15) is 17.2 Å². The van der Waals surface area contributed by atoms with Crippen LogP contribution in [0.25, 0.3) is 10.2 Å². The summed E-state index contributed by atoms with van der Waals surface area (Å²) in [7, 11) is 0. The first-order chi connectivity index (χ1) is 15.0. The van der Waals surface area contributed by atoms with Gasteiger partial charge in [0.2, 0.25) is 12.7 Å². The zero-order chi connectivity index (χ0) is 21.5. The first kappa shape index (κ1) is 20.0. The Morgan fingerprint density at radius 1 is 1.19 bits per heavy atom. The number of aromatic nitrogens is 2. The van der Waals surface area contributed by atoms with Gasteiger partial charge in [0.05, 0.1) is 11.9 Å². The van der Waals surface area contributed by atoms with Gasteiger partial charge in [-0.3, -0.25) is 19.1 Å². The summed E-state index contributed by atoms with van der Waals surface area (Å²) in [6.07, 6.45) is 2.29. The molecule has 0 aliphatic carbocycles. The number of nitrogens with one attached hydrogen (secondary N) is 1. The third-order valence-electron chi connectivity index (χ3n) is 5.89. The van der Waals surface area contributed by atoms with Gasteiger partial charge < -0.3 is 14.8 Å². The van der Waals surface area contributed by atoms with Crippen molar-refractivity contribution in [3.8, 4) is 11.5 Å². The number of thiophene rings is 1. The minimum Gasteiger partial charge on any atom is -0.454 e. The highest BCUT2D eigenvalue weighted by atomic mass is 32.1. The van der Waals surface area contributed by atoms with E-state index in [1.807, 2.05) is 13.8 Å². The van der Waals surface area contributed by atoms with E-state index in [9.17, 15) is 9.59 Å². The van der Waals surface area contributed by atoms with E-state index in [1.54, 1.807) is 18.2 Å². The molecule has 2 aliphatic heterocycles. The number of hydrogen-bond acceptors (Lipinski definition) is 7. The summed E-state index contributed by atoms with van der Waals surface area (Å²) in [5.41, 5.74) is 1.39. The molecule has 0 bridgehead atoms. The number of carbonyl (C=O) groups is 1. The lowest BCUT2D eigenvalue weighted by Gasteiger charge is -2.18. The maximum Gasteiger partial charge on any atom is 0.263 e. The van der Waals surface area contributed by atoms with Gasteiger partial charge in [0, 0.05) is 16.6 Å². The lowest BCUT2D eigenvalue weighted by Crippen LogP contribution is -2.33. The topological polar surface area (TPSA) is 85.7 Å². The summed E-state index contributed by atoms with van der Waals surface area (Å²) >= 11 is 1.54. The van der Waals surface area contributed by atoms with Crippen molar-refractivity contribution in [1.29, 1.82) is 0 Å². The molecular formula is C22H24N4O4S. The second kappa shape index (κ2) is 7.97. The number of nitrogens with zero attached hydrogens (tertiary/aromatic N) is 3. The number of anilines is 1. The zero-order valence-electron chi connectivity index (χ0n) is 17.6. The summed E-state index contributed by atoms with van der Waals surface area (Å²) in [4.78, 5) is 35.2. The number of carbonyl (C=O) groups excluding carboxylic acids is 1.